The van der Waals surface area contributed by atoms with Gasteiger partial charge in [-0.3, -0.25) is 0 Å². The average molecular weight is 305 g/mol. The summed E-state index contributed by atoms with van der Waals surface area (Å²) in [5, 5.41) is 6.59. The zero-order valence-electron chi connectivity index (χ0n) is 10.4. The number of nitrogens with one attached hydrogen (secondary N) is 1. The Labute approximate surface area is 117 Å². The molecule has 0 aromatic carbocycles. The van der Waals surface area contributed by atoms with Crippen LogP contribution in [-0.2, 0) is 6.18 Å². The molecule has 0 radical (unpaired) electrons. The molecule has 0 saturated heterocycles. The predicted octanol–water partition coefficient (Wildman–Crippen LogP) is 3.18. The van der Waals surface area contributed by atoms with Gasteiger partial charge in [-0.1, -0.05) is 0 Å². The van der Waals surface area contributed by atoms with Gasteiger partial charge in [0.25, 0.3) is 0 Å². The van der Waals surface area contributed by atoms with Gasteiger partial charge < -0.3 is 5.32 Å². The van der Waals surface area contributed by atoms with E-state index in [0.717, 1.165) is 18.9 Å². The molecule has 0 atom stereocenters. The molecule has 20 heavy (non-hydrogen) atoms. The van der Waals surface area contributed by atoms with Gasteiger partial charge in [0.15, 0.2) is 11.5 Å². The lowest BCUT2D eigenvalue weighted by molar-refractivity contribution is -0.141. The quantitative estimate of drug-likeness (QED) is 0.882. The van der Waals surface area contributed by atoms with Gasteiger partial charge in [-0.15, -0.1) is 11.6 Å². The van der Waals surface area contributed by atoms with Crippen LogP contribution < -0.4 is 5.32 Å². The van der Waals surface area contributed by atoms with E-state index in [4.69, 9.17) is 11.6 Å². The van der Waals surface area contributed by atoms with E-state index < -0.39 is 11.9 Å². The Bertz CT molecular complexity index is 633. The first kappa shape index (κ1) is 13.5. The maximum atomic E-state index is 12.7. The fourth-order valence-electron chi connectivity index (χ4n) is 2.00. The van der Waals surface area contributed by atoms with Crippen LogP contribution in [0.3, 0.4) is 0 Å². The summed E-state index contributed by atoms with van der Waals surface area (Å²) in [4.78, 5) is 4.09. The molecule has 1 aliphatic rings. The number of hydrogen-bond acceptors (Lipinski definition) is 3. The summed E-state index contributed by atoms with van der Waals surface area (Å²) in [5.74, 6) is 0.933. The molecule has 3 rings (SSSR count). The van der Waals surface area contributed by atoms with Crippen molar-refractivity contribution < 1.29 is 13.2 Å². The summed E-state index contributed by atoms with van der Waals surface area (Å²) in [7, 11) is 0. The van der Waals surface area contributed by atoms with E-state index in [0.29, 0.717) is 23.8 Å². The van der Waals surface area contributed by atoms with Crippen molar-refractivity contribution in [1.82, 2.24) is 14.6 Å². The average Bonchev–Trinajstić information content (AvgIpc) is 3.04. The number of fused-ring (bicyclic) bond motifs is 1. The summed E-state index contributed by atoms with van der Waals surface area (Å²) in [6.45, 7) is 0.607. The molecule has 108 valence electrons. The van der Waals surface area contributed by atoms with Crippen molar-refractivity contribution in [3.8, 4) is 0 Å². The molecule has 1 aliphatic carbocycles. The van der Waals surface area contributed by atoms with Gasteiger partial charge in [-0.05, 0) is 12.8 Å². The van der Waals surface area contributed by atoms with E-state index >= 15 is 0 Å². The summed E-state index contributed by atoms with van der Waals surface area (Å²) in [5.41, 5.74) is -0.555. The Morgan fingerprint density at radius 2 is 2.15 bits per heavy atom. The van der Waals surface area contributed by atoms with Crippen molar-refractivity contribution in [2.24, 2.45) is 5.41 Å². The lowest BCUT2D eigenvalue weighted by Crippen LogP contribution is -2.17. The Balaban J connectivity index is 1.89. The number of aromatic nitrogens is 3. The second-order valence-electron chi connectivity index (χ2n) is 5.12. The molecule has 0 aliphatic heterocycles. The molecule has 0 amide bonds. The van der Waals surface area contributed by atoms with Crippen LogP contribution in [0.4, 0.5) is 19.0 Å². The van der Waals surface area contributed by atoms with Crippen LogP contribution in [0.1, 0.15) is 18.5 Å². The molecule has 2 aromatic heterocycles. The lowest BCUT2D eigenvalue weighted by Gasteiger charge is -2.13. The van der Waals surface area contributed by atoms with Gasteiger partial charge >= 0.3 is 6.18 Å². The van der Waals surface area contributed by atoms with Crippen LogP contribution in [0.15, 0.2) is 18.5 Å². The zero-order valence-corrected chi connectivity index (χ0v) is 11.2. The smallest absolute Gasteiger partial charge is 0.368 e. The van der Waals surface area contributed by atoms with Gasteiger partial charge in [-0.2, -0.15) is 18.3 Å². The number of hydrogen-bond donors (Lipinski definition) is 1. The molecule has 1 fully saturated rings. The predicted molar refractivity (Wildman–Crippen MR) is 68.9 cm³/mol. The summed E-state index contributed by atoms with van der Waals surface area (Å²) >= 11 is 5.88. The molecule has 0 unspecified atom stereocenters. The largest absolute Gasteiger partial charge is 0.435 e. The highest BCUT2D eigenvalue weighted by atomic mass is 35.5. The standard InChI is InChI=1S/C12H12ClF3N4/c13-6-11(1-2-11)7-18-10-8-5-9(12(14,15)16)19-20(8)4-3-17-10/h3-5H,1-2,6-7H2,(H,17,18). The van der Waals surface area contributed by atoms with Gasteiger partial charge in [0.1, 0.15) is 5.52 Å². The molecule has 2 aromatic rings. The molecule has 0 spiro atoms. The number of anilines is 1. The minimum absolute atomic E-state index is 0.0585. The fraction of sp³-hybridized carbons (Fsp3) is 0.500. The van der Waals surface area contributed by atoms with Crippen LogP contribution in [0.5, 0.6) is 0 Å². The van der Waals surface area contributed by atoms with Crippen LogP contribution in [0, 0.1) is 5.41 Å². The van der Waals surface area contributed by atoms with E-state index in [9.17, 15) is 13.2 Å². The summed E-state index contributed by atoms with van der Waals surface area (Å²) in [6, 6.07) is 0.996. The molecule has 4 nitrogen and oxygen atoms in total. The van der Waals surface area contributed by atoms with Crippen molar-refractivity contribution in [3.63, 3.8) is 0 Å². The first-order valence-corrected chi connectivity index (χ1v) is 6.68. The first-order valence-electron chi connectivity index (χ1n) is 6.15. The van der Waals surface area contributed by atoms with Gasteiger partial charge in [0.2, 0.25) is 0 Å². The zero-order chi connectivity index (χ0) is 14.4. The minimum Gasteiger partial charge on any atom is -0.368 e. The third-order valence-electron chi connectivity index (χ3n) is 3.55. The van der Waals surface area contributed by atoms with Crippen LogP contribution in [0.25, 0.3) is 5.52 Å². The monoisotopic (exact) mass is 304 g/mol. The second-order valence-corrected chi connectivity index (χ2v) is 5.39. The van der Waals surface area contributed by atoms with Crippen molar-refractivity contribution in [3.05, 3.63) is 24.2 Å². The molecule has 0 bridgehead atoms. The van der Waals surface area contributed by atoms with Crippen LogP contribution in [-0.4, -0.2) is 27.0 Å². The molecule has 2 heterocycles. The third-order valence-corrected chi connectivity index (χ3v) is 4.12. The highest BCUT2D eigenvalue weighted by molar-refractivity contribution is 6.18. The molecular weight excluding hydrogens is 293 g/mol. The van der Waals surface area contributed by atoms with E-state index in [1.807, 2.05) is 0 Å². The lowest BCUT2D eigenvalue weighted by atomic mass is 10.1. The van der Waals surface area contributed by atoms with Crippen molar-refractivity contribution in [1.29, 1.82) is 0 Å². The van der Waals surface area contributed by atoms with Crippen molar-refractivity contribution >= 4 is 22.9 Å². The Morgan fingerprint density at radius 1 is 1.40 bits per heavy atom. The highest BCUT2D eigenvalue weighted by Crippen LogP contribution is 2.46. The van der Waals surface area contributed by atoms with Gasteiger partial charge in [0.05, 0.1) is 0 Å². The number of rotatable bonds is 4. The number of nitrogens with zero attached hydrogens (tertiary/aromatic N) is 3. The van der Waals surface area contributed by atoms with E-state index in [1.54, 1.807) is 0 Å². The van der Waals surface area contributed by atoms with E-state index in [2.05, 4.69) is 15.4 Å². The first-order chi connectivity index (χ1) is 9.43. The molecule has 1 saturated carbocycles. The number of alkyl halides is 4. The SMILES string of the molecule is FC(F)(F)c1cc2c(NCC3(CCl)CC3)nccn2n1. The molecule has 8 heteroatoms. The second kappa shape index (κ2) is 4.51. The summed E-state index contributed by atoms with van der Waals surface area (Å²) in [6.07, 6.45) is 0.406. The normalized spacial score (nSPS) is 17.4. The minimum atomic E-state index is -4.46. The van der Waals surface area contributed by atoms with Crippen LogP contribution >= 0.6 is 11.6 Å². The molecule has 1 N–H and O–H groups in total. The van der Waals surface area contributed by atoms with Crippen molar-refractivity contribution in [2.75, 3.05) is 17.7 Å². The highest BCUT2D eigenvalue weighted by Gasteiger charge is 2.41. The maximum absolute atomic E-state index is 12.7. The fourth-order valence-corrected chi connectivity index (χ4v) is 2.36. The molecular formula is C12H12ClF3N4. The summed E-state index contributed by atoms with van der Waals surface area (Å²) < 4.78 is 39.2. The Kier molecular flexibility index (Phi) is 3.04. The topological polar surface area (TPSA) is 42.2 Å². The number of halogens is 4. The third kappa shape index (κ3) is 2.42. The maximum Gasteiger partial charge on any atom is 0.435 e. The van der Waals surface area contributed by atoms with Gasteiger partial charge in [0, 0.05) is 36.3 Å². The van der Waals surface area contributed by atoms with E-state index in [-0.39, 0.29) is 5.41 Å². The van der Waals surface area contributed by atoms with Crippen LogP contribution in [0.2, 0.25) is 0 Å². The van der Waals surface area contributed by atoms with E-state index in [1.165, 1.54) is 16.9 Å². The Morgan fingerprint density at radius 3 is 2.75 bits per heavy atom. The van der Waals surface area contributed by atoms with Crippen molar-refractivity contribution in [2.45, 2.75) is 19.0 Å². The Hall–Kier alpha value is -1.50. The van der Waals surface area contributed by atoms with Gasteiger partial charge in [-0.25, -0.2) is 9.50 Å².